The highest BCUT2D eigenvalue weighted by molar-refractivity contribution is 6.22. The molecule has 2 aromatic rings. The second kappa shape index (κ2) is 7.50. The predicted octanol–water partition coefficient (Wildman–Crippen LogP) is 1.00. The van der Waals surface area contributed by atoms with Crippen molar-refractivity contribution in [1.82, 2.24) is 20.3 Å². The topological polar surface area (TPSA) is 113 Å². The average molecular weight is 396 g/mol. The van der Waals surface area contributed by atoms with Crippen molar-refractivity contribution >= 4 is 23.6 Å². The second-order valence-electron chi connectivity index (χ2n) is 7.20. The maximum absolute atomic E-state index is 12.4. The van der Waals surface area contributed by atoms with Crippen LogP contribution in [0.3, 0.4) is 0 Å². The van der Waals surface area contributed by atoms with Gasteiger partial charge in [0.2, 0.25) is 5.91 Å². The van der Waals surface area contributed by atoms with Crippen molar-refractivity contribution in [1.29, 1.82) is 0 Å². The Bertz CT molecular complexity index is 955. The fourth-order valence-corrected chi connectivity index (χ4v) is 3.66. The lowest BCUT2D eigenvalue weighted by molar-refractivity contribution is -0.122. The monoisotopic (exact) mass is 396 g/mol. The van der Waals surface area contributed by atoms with Gasteiger partial charge in [0.05, 0.1) is 11.1 Å². The molecular weight excluding hydrogens is 376 g/mol. The molecule has 0 unspecified atom stereocenters. The molecule has 1 aromatic carbocycles. The van der Waals surface area contributed by atoms with E-state index in [1.807, 2.05) is 0 Å². The van der Waals surface area contributed by atoms with Crippen molar-refractivity contribution in [3.8, 4) is 0 Å². The van der Waals surface area contributed by atoms with E-state index in [0.717, 1.165) is 4.90 Å². The van der Waals surface area contributed by atoms with E-state index in [2.05, 4.69) is 10.5 Å². The maximum Gasteiger partial charge on any atom is 0.276 e. The molecule has 150 valence electrons. The first kappa shape index (κ1) is 18.9. The molecule has 2 aliphatic rings. The smallest absolute Gasteiger partial charge is 0.276 e. The van der Waals surface area contributed by atoms with E-state index >= 15 is 0 Å². The molecule has 4 amide bonds. The van der Waals surface area contributed by atoms with Crippen LogP contribution in [0.25, 0.3) is 0 Å². The van der Waals surface area contributed by atoms with Gasteiger partial charge >= 0.3 is 0 Å². The number of aryl methyl sites for hydroxylation is 1. The number of nitrogens with zero attached hydrogens (tertiary/aromatic N) is 3. The number of piperidine rings is 1. The average Bonchev–Trinajstić information content (AvgIpc) is 3.26. The van der Waals surface area contributed by atoms with Gasteiger partial charge in [0.15, 0.2) is 5.69 Å². The van der Waals surface area contributed by atoms with E-state index < -0.39 is 17.7 Å². The largest absolute Gasteiger partial charge is 0.361 e. The van der Waals surface area contributed by atoms with Crippen LogP contribution in [0.5, 0.6) is 0 Å². The number of nitrogens with one attached hydrogen (secondary N) is 1. The summed E-state index contributed by atoms with van der Waals surface area (Å²) in [5.41, 5.74) is 0.913. The van der Waals surface area contributed by atoms with E-state index in [0.29, 0.717) is 42.8 Å². The molecule has 9 nitrogen and oxygen atoms in total. The fraction of sp³-hybridized carbons (Fsp3) is 0.350. The number of rotatable bonds is 4. The molecule has 1 saturated heterocycles. The summed E-state index contributed by atoms with van der Waals surface area (Å²) in [6, 6.07) is 8.00. The Morgan fingerprint density at radius 3 is 2.31 bits per heavy atom. The fourth-order valence-electron chi connectivity index (χ4n) is 3.66. The molecule has 2 aliphatic heterocycles. The zero-order valence-electron chi connectivity index (χ0n) is 15.9. The third-order valence-corrected chi connectivity index (χ3v) is 5.17. The highest BCUT2D eigenvalue weighted by Gasteiger charge is 2.36. The number of imide groups is 1. The van der Waals surface area contributed by atoms with Crippen LogP contribution in [0.1, 0.15) is 49.8 Å². The van der Waals surface area contributed by atoms with Crippen LogP contribution in [-0.2, 0) is 4.79 Å². The van der Waals surface area contributed by atoms with Gasteiger partial charge in [0, 0.05) is 25.2 Å². The first-order valence-corrected chi connectivity index (χ1v) is 9.41. The number of fused-ring (bicyclic) bond motifs is 1. The van der Waals surface area contributed by atoms with Crippen LogP contribution in [0.2, 0.25) is 0 Å². The minimum Gasteiger partial charge on any atom is -0.361 e. The van der Waals surface area contributed by atoms with Crippen LogP contribution >= 0.6 is 0 Å². The molecule has 4 rings (SSSR count). The molecule has 1 aromatic heterocycles. The van der Waals surface area contributed by atoms with Crippen molar-refractivity contribution in [3.05, 3.63) is 52.9 Å². The Balaban J connectivity index is 1.29. The molecule has 0 spiro atoms. The van der Waals surface area contributed by atoms with Crippen LogP contribution in [0.4, 0.5) is 0 Å². The molecule has 0 radical (unpaired) electrons. The molecule has 0 aliphatic carbocycles. The third-order valence-electron chi connectivity index (χ3n) is 5.17. The van der Waals surface area contributed by atoms with Crippen LogP contribution < -0.4 is 5.32 Å². The number of hydrogen-bond donors (Lipinski definition) is 1. The van der Waals surface area contributed by atoms with Gasteiger partial charge in [0.1, 0.15) is 12.3 Å². The standard InChI is InChI=1S/C20H20N4O5/c1-12-10-16(22-29-12)20(28)23-8-6-13(7-9-23)21-17(25)11-24-18(26)14-4-2-3-5-15(14)19(24)27/h2-5,10,13H,6-9,11H2,1H3,(H,21,25). The number of aromatic nitrogens is 1. The van der Waals surface area contributed by atoms with Crippen LogP contribution in [0.15, 0.2) is 34.9 Å². The van der Waals surface area contributed by atoms with E-state index in [9.17, 15) is 19.2 Å². The Labute approximate surface area is 166 Å². The summed E-state index contributed by atoms with van der Waals surface area (Å²) in [7, 11) is 0. The number of benzene rings is 1. The first-order valence-electron chi connectivity index (χ1n) is 9.41. The van der Waals surface area contributed by atoms with Gasteiger partial charge in [-0.15, -0.1) is 0 Å². The quantitative estimate of drug-likeness (QED) is 0.772. The number of carbonyl (C=O) groups excluding carboxylic acids is 4. The van der Waals surface area contributed by atoms with E-state index in [-0.39, 0.29) is 24.2 Å². The van der Waals surface area contributed by atoms with E-state index in [1.54, 1.807) is 42.2 Å². The Kier molecular flexibility index (Phi) is 4.87. The van der Waals surface area contributed by atoms with Gasteiger partial charge in [-0.3, -0.25) is 24.1 Å². The summed E-state index contributed by atoms with van der Waals surface area (Å²) in [4.78, 5) is 52.1. The first-order chi connectivity index (χ1) is 13.9. The highest BCUT2D eigenvalue weighted by Crippen LogP contribution is 2.22. The molecule has 0 saturated carbocycles. The molecule has 1 N–H and O–H groups in total. The molecule has 0 bridgehead atoms. The summed E-state index contributed by atoms with van der Waals surface area (Å²) in [5, 5.41) is 6.60. The molecule has 0 atom stereocenters. The van der Waals surface area contributed by atoms with Gasteiger partial charge in [-0.05, 0) is 31.9 Å². The van der Waals surface area contributed by atoms with Gasteiger partial charge < -0.3 is 14.7 Å². The van der Waals surface area contributed by atoms with Crippen molar-refractivity contribution in [3.63, 3.8) is 0 Å². The SMILES string of the molecule is Cc1cc(C(=O)N2CCC(NC(=O)CN3C(=O)c4ccccc4C3=O)CC2)no1. The number of hydrogen-bond acceptors (Lipinski definition) is 6. The maximum atomic E-state index is 12.4. The van der Waals surface area contributed by atoms with Crippen molar-refractivity contribution < 1.29 is 23.7 Å². The third kappa shape index (κ3) is 3.63. The molecule has 3 heterocycles. The van der Waals surface area contributed by atoms with Crippen molar-refractivity contribution in [2.75, 3.05) is 19.6 Å². The summed E-state index contributed by atoms with van der Waals surface area (Å²) in [6.45, 7) is 2.36. The number of likely N-dealkylation sites (tertiary alicyclic amines) is 1. The molecular formula is C20H20N4O5. The zero-order chi connectivity index (χ0) is 20.5. The van der Waals surface area contributed by atoms with E-state index in [1.165, 1.54) is 0 Å². The summed E-state index contributed by atoms with van der Waals surface area (Å²) >= 11 is 0. The minimum absolute atomic E-state index is 0.124. The second-order valence-corrected chi connectivity index (χ2v) is 7.20. The minimum atomic E-state index is -0.455. The van der Waals surface area contributed by atoms with E-state index in [4.69, 9.17) is 4.52 Å². The van der Waals surface area contributed by atoms with Gasteiger partial charge in [-0.2, -0.15) is 0 Å². The lowest BCUT2D eigenvalue weighted by Gasteiger charge is -2.32. The number of amides is 4. The van der Waals surface area contributed by atoms with Gasteiger partial charge in [-0.1, -0.05) is 17.3 Å². The molecule has 1 fully saturated rings. The zero-order valence-corrected chi connectivity index (χ0v) is 15.9. The Morgan fingerprint density at radius 1 is 1.14 bits per heavy atom. The highest BCUT2D eigenvalue weighted by atomic mass is 16.5. The van der Waals surface area contributed by atoms with Crippen molar-refractivity contribution in [2.45, 2.75) is 25.8 Å². The number of carbonyl (C=O) groups is 4. The molecule has 29 heavy (non-hydrogen) atoms. The van der Waals surface area contributed by atoms with Crippen LogP contribution in [-0.4, -0.2) is 64.3 Å². The van der Waals surface area contributed by atoms with Crippen LogP contribution in [0, 0.1) is 6.92 Å². The Hall–Kier alpha value is -3.49. The summed E-state index contributed by atoms with van der Waals surface area (Å²) < 4.78 is 4.94. The predicted molar refractivity (Wildman–Crippen MR) is 100 cm³/mol. The molecule has 9 heteroatoms. The summed E-state index contributed by atoms with van der Waals surface area (Å²) in [6.07, 6.45) is 1.16. The van der Waals surface area contributed by atoms with Crippen molar-refractivity contribution in [2.24, 2.45) is 0 Å². The summed E-state index contributed by atoms with van der Waals surface area (Å²) in [5.74, 6) is -0.925. The van der Waals surface area contributed by atoms with Gasteiger partial charge in [0.25, 0.3) is 17.7 Å². The lowest BCUT2D eigenvalue weighted by Crippen LogP contribution is -2.49. The van der Waals surface area contributed by atoms with Gasteiger partial charge in [-0.25, -0.2) is 0 Å². The Morgan fingerprint density at radius 2 is 1.76 bits per heavy atom. The normalized spacial score (nSPS) is 16.9. The lowest BCUT2D eigenvalue weighted by atomic mass is 10.0.